The Hall–Kier alpha value is -1.87. The van der Waals surface area contributed by atoms with Gasteiger partial charge in [-0.05, 0) is 22.0 Å². The third-order valence-electron chi connectivity index (χ3n) is 4.41. The van der Waals surface area contributed by atoms with Gasteiger partial charge in [0, 0.05) is 30.4 Å². The van der Waals surface area contributed by atoms with Gasteiger partial charge in [0.05, 0.1) is 0 Å². The van der Waals surface area contributed by atoms with Gasteiger partial charge in [-0.25, -0.2) is 4.98 Å². The van der Waals surface area contributed by atoms with E-state index in [4.69, 9.17) is 0 Å². The third kappa shape index (κ3) is 1.23. The Morgan fingerprint density at radius 1 is 1.05 bits per heavy atom. The van der Waals surface area contributed by atoms with Crippen molar-refractivity contribution in [3.63, 3.8) is 0 Å². The van der Waals surface area contributed by atoms with E-state index in [1.807, 2.05) is 0 Å². The minimum atomic E-state index is -1.59. The lowest BCUT2D eigenvalue weighted by atomic mass is 10.1. The molecule has 0 N–H and O–H groups in total. The molecule has 3 heteroatoms. The minimum Gasteiger partial charge on any atom is -0.336 e. The molecule has 0 atom stereocenters. The van der Waals surface area contributed by atoms with E-state index in [2.05, 4.69) is 72.4 Å². The molecule has 0 unspecified atom stereocenters. The van der Waals surface area contributed by atoms with Crippen molar-refractivity contribution in [3.05, 3.63) is 42.7 Å². The van der Waals surface area contributed by atoms with Gasteiger partial charge < -0.3 is 4.57 Å². The molecule has 0 spiro atoms. The summed E-state index contributed by atoms with van der Waals surface area (Å²) in [4.78, 5) is 4.66. The van der Waals surface area contributed by atoms with Crippen LogP contribution in [0.1, 0.15) is 0 Å². The van der Waals surface area contributed by atoms with Crippen LogP contribution in [-0.2, 0) is 7.05 Å². The van der Waals surface area contributed by atoms with Gasteiger partial charge in [-0.3, -0.25) is 0 Å². The normalized spacial score (nSPS) is 15.5. The largest absolute Gasteiger partial charge is 0.336 e. The minimum absolute atomic E-state index is 1.10. The summed E-state index contributed by atoms with van der Waals surface area (Å²) in [5.41, 5.74) is 3.85. The summed E-state index contributed by atoms with van der Waals surface area (Å²) >= 11 is 0. The maximum absolute atomic E-state index is 4.66. The topological polar surface area (TPSA) is 17.8 Å². The number of pyridine rings is 1. The number of hydrogen-bond donors (Lipinski definition) is 0. The number of fused-ring (bicyclic) bond motifs is 5. The first-order chi connectivity index (χ1) is 9.10. The first kappa shape index (κ1) is 11.0. The van der Waals surface area contributed by atoms with Crippen LogP contribution in [0.5, 0.6) is 0 Å². The van der Waals surface area contributed by atoms with Crippen molar-refractivity contribution in [1.29, 1.82) is 0 Å². The zero-order valence-corrected chi connectivity index (χ0v) is 12.4. The quantitative estimate of drug-likeness (QED) is 0.570. The Bertz CT molecular complexity index is 815. The van der Waals surface area contributed by atoms with Crippen LogP contribution >= 0.6 is 0 Å². The molecule has 0 saturated heterocycles. The average Bonchev–Trinajstić information content (AvgIpc) is 2.89. The number of hydrogen-bond acceptors (Lipinski definition) is 1. The van der Waals surface area contributed by atoms with Gasteiger partial charge in [-0.1, -0.05) is 37.4 Å². The number of benzene rings is 1. The van der Waals surface area contributed by atoms with Gasteiger partial charge in [-0.15, -0.1) is 0 Å². The van der Waals surface area contributed by atoms with Crippen molar-refractivity contribution in [2.24, 2.45) is 7.05 Å². The van der Waals surface area contributed by atoms with E-state index in [1.54, 1.807) is 10.4 Å². The molecule has 0 fully saturated rings. The molecule has 0 amide bonds. The average molecular weight is 264 g/mol. The highest BCUT2D eigenvalue weighted by Crippen LogP contribution is 2.30. The van der Waals surface area contributed by atoms with Crippen LogP contribution in [0.3, 0.4) is 0 Å². The highest BCUT2D eigenvalue weighted by molar-refractivity contribution is 7.05. The zero-order valence-electron chi connectivity index (χ0n) is 11.4. The van der Waals surface area contributed by atoms with E-state index < -0.39 is 8.07 Å². The van der Waals surface area contributed by atoms with Crippen LogP contribution < -0.4 is 10.4 Å². The molecule has 94 valence electrons. The lowest BCUT2D eigenvalue weighted by molar-refractivity contribution is 0.949. The molecule has 0 bridgehead atoms. The summed E-state index contributed by atoms with van der Waals surface area (Å²) < 4.78 is 2.11. The fourth-order valence-electron chi connectivity index (χ4n) is 3.49. The van der Waals surface area contributed by atoms with Crippen LogP contribution in [0.25, 0.3) is 22.2 Å². The van der Waals surface area contributed by atoms with Crippen LogP contribution in [0.2, 0.25) is 13.1 Å². The predicted molar refractivity (Wildman–Crippen MR) is 82.9 cm³/mol. The second-order valence-corrected chi connectivity index (χ2v) is 10.2. The number of rotatable bonds is 0. The maximum atomic E-state index is 4.66. The molecule has 3 aromatic rings. The van der Waals surface area contributed by atoms with E-state index in [-0.39, 0.29) is 0 Å². The predicted octanol–water partition coefficient (Wildman–Crippen LogP) is 2.38. The van der Waals surface area contributed by atoms with E-state index in [1.165, 1.54) is 16.5 Å². The maximum Gasteiger partial charge on any atom is 0.139 e. The molecule has 0 saturated carbocycles. The summed E-state index contributed by atoms with van der Waals surface area (Å²) in [5, 5.41) is 4.44. The summed E-state index contributed by atoms with van der Waals surface area (Å²) in [6, 6.07) is 11.1. The van der Waals surface area contributed by atoms with E-state index in [0.29, 0.717) is 0 Å². The van der Waals surface area contributed by atoms with Crippen molar-refractivity contribution in [1.82, 2.24) is 9.55 Å². The molecule has 2 nitrogen and oxygen atoms in total. The fraction of sp³-hybridized carbons (Fsp3) is 0.188. The zero-order chi connectivity index (χ0) is 13.2. The summed E-state index contributed by atoms with van der Waals surface area (Å²) in [6.07, 6.45) is 4.18. The second-order valence-electron chi connectivity index (χ2n) is 5.88. The third-order valence-corrected chi connectivity index (χ3v) is 7.98. The lowest BCUT2D eigenvalue weighted by Crippen LogP contribution is -2.49. The van der Waals surface area contributed by atoms with Crippen LogP contribution in [-0.4, -0.2) is 17.6 Å². The number of aromatic nitrogens is 2. The molecule has 19 heavy (non-hydrogen) atoms. The Morgan fingerprint density at radius 3 is 2.68 bits per heavy atom. The number of aryl methyl sites for hydroxylation is 1. The van der Waals surface area contributed by atoms with Crippen molar-refractivity contribution >= 4 is 29.5 Å². The van der Waals surface area contributed by atoms with Gasteiger partial charge in [0.1, 0.15) is 13.7 Å². The van der Waals surface area contributed by atoms with Crippen molar-refractivity contribution in [2.45, 2.75) is 13.1 Å². The number of nitrogens with zero attached hydrogens (tertiary/aromatic N) is 2. The SMILES string of the molecule is Cn1ccc2c3c(cnc21)-c1ccccc1[Si]3(C)C. The van der Waals surface area contributed by atoms with E-state index in [0.717, 1.165) is 5.65 Å². The molecule has 0 radical (unpaired) electrons. The Morgan fingerprint density at radius 2 is 1.84 bits per heavy atom. The Kier molecular flexibility index (Phi) is 1.95. The molecule has 3 heterocycles. The molecule has 0 aliphatic carbocycles. The second kappa shape index (κ2) is 3.36. The molecule has 2 aromatic heterocycles. The van der Waals surface area contributed by atoms with E-state index in [9.17, 15) is 0 Å². The van der Waals surface area contributed by atoms with Gasteiger partial charge in [0.15, 0.2) is 0 Å². The molecule has 1 aliphatic rings. The molecule has 4 rings (SSSR count). The van der Waals surface area contributed by atoms with Gasteiger partial charge in [-0.2, -0.15) is 0 Å². The standard InChI is InChI=1S/C16H16N2Si/c1-18-9-8-12-15-13(10-17-16(12)18)11-6-4-5-7-14(11)19(15,2)3/h4-10H,1-3H3. The van der Waals surface area contributed by atoms with E-state index >= 15 is 0 Å². The lowest BCUT2D eigenvalue weighted by Gasteiger charge is -2.19. The van der Waals surface area contributed by atoms with Gasteiger partial charge >= 0.3 is 0 Å². The summed E-state index contributed by atoms with van der Waals surface area (Å²) in [7, 11) is 0.482. The van der Waals surface area contributed by atoms with Crippen molar-refractivity contribution in [2.75, 3.05) is 0 Å². The highest BCUT2D eigenvalue weighted by atomic mass is 28.3. The van der Waals surface area contributed by atoms with Crippen LogP contribution in [0.4, 0.5) is 0 Å². The van der Waals surface area contributed by atoms with Crippen molar-refractivity contribution in [3.8, 4) is 11.1 Å². The van der Waals surface area contributed by atoms with Gasteiger partial charge in [0.25, 0.3) is 0 Å². The van der Waals surface area contributed by atoms with Gasteiger partial charge in [0.2, 0.25) is 0 Å². The smallest absolute Gasteiger partial charge is 0.139 e. The molecular weight excluding hydrogens is 248 g/mol. The first-order valence-corrected chi connectivity index (χ1v) is 9.65. The molecule has 1 aromatic carbocycles. The monoisotopic (exact) mass is 264 g/mol. The Balaban J connectivity index is 2.20. The fourth-order valence-corrected chi connectivity index (χ4v) is 6.90. The first-order valence-electron chi connectivity index (χ1n) is 6.65. The van der Waals surface area contributed by atoms with Crippen LogP contribution in [0.15, 0.2) is 42.7 Å². The summed E-state index contributed by atoms with van der Waals surface area (Å²) in [6.45, 7) is 4.90. The van der Waals surface area contributed by atoms with Crippen LogP contribution in [0, 0.1) is 0 Å². The molecule has 1 aliphatic heterocycles. The highest BCUT2D eigenvalue weighted by Gasteiger charge is 2.39. The Labute approximate surface area is 113 Å². The molecular formula is C16H16N2Si. The summed E-state index contributed by atoms with van der Waals surface area (Å²) in [5.74, 6) is 0. The van der Waals surface area contributed by atoms with Crippen molar-refractivity contribution < 1.29 is 0 Å².